The van der Waals surface area contributed by atoms with E-state index in [2.05, 4.69) is 26.9 Å². The zero-order valence-corrected chi connectivity index (χ0v) is 12.4. The van der Waals surface area contributed by atoms with Crippen LogP contribution in [0.25, 0.3) is 0 Å². The van der Waals surface area contributed by atoms with Crippen LogP contribution in [0.15, 0.2) is 28.5 Å². The summed E-state index contributed by atoms with van der Waals surface area (Å²) in [6, 6.07) is 5.03. The topological polar surface area (TPSA) is 54.3 Å². The Bertz CT molecular complexity index is 557. The Kier molecular flexibility index (Phi) is 6.54. The third kappa shape index (κ3) is 4.90. The summed E-state index contributed by atoms with van der Waals surface area (Å²) in [6.07, 6.45) is 0. The molecule has 0 heterocycles. The highest BCUT2D eigenvalue weighted by Crippen LogP contribution is 2.23. The first kappa shape index (κ1) is 16.0. The molecule has 0 radical (unpaired) electrons. The minimum Gasteiger partial charge on any atom is -0.459 e. The number of methoxy groups -OCH3 is 1. The highest BCUT2D eigenvalue weighted by atomic mass is 35.5. The monoisotopic (exact) mass is 293 g/mol. The standard InChI is InChI=1S/C14H16ClN3O2/c1-4-18(5-2)17-16-13-8-7-12(15)10-11(13)6-9-14(19)20-3/h7-8,10H,4-5H2,1-3H3. The Morgan fingerprint density at radius 1 is 1.40 bits per heavy atom. The molecule has 0 atom stereocenters. The van der Waals surface area contributed by atoms with Crippen LogP contribution in [0.5, 0.6) is 0 Å². The highest BCUT2D eigenvalue weighted by Gasteiger charge is 2.02. The molecule has 0 aliphatic heterocycles. The van der Waals surface area contributed by atoms with Crippen molar-refractivity contribution in [3.8, 4) is 11.8 Å². The summed E-state index contributed by atoms with van der Waals surface area (Å²) in [5.74, 6) is 4.42. The fraction of sp³-hybridized carbons (Fsp3) is 0.357. The number of nitrogens with zero attached hydrogens (tertiary/aromatic N) is 3. The second kappa shape index (κ2) is 8.18. The van der Waals surface area contributed by atoms with Crippen molar-refractivity contribution in [2.24, 2.45) is 10.3 Å². The molecule has 1 rings (SSSR count). The molecule has 0 aliphatic carbocycles. The molecule has 0 saturated carbocycles. The lowest BCUT2D eigenvalue weighted by Crippen LogP contribution is -2.14. The second-order valence-electron chi connectivity index (χ2n) is 3.73. The highest BCUT2D eigenvalue weighted by molar-refractivity contribution is 6.30. The van der Waals surface area contributed by atoms with E-state index in [1.165, 1.54) is 7.11 Å². The van der Waals surface area contributed by atoms with Gasteiger partial charge in [0, 0.05) is 24.0 Å². The molecule has 0 fully saturated rings. The van der Waals surface area contributed by atoms with Gasteiger partial charge in [0.05, 0.1) is 12.7 Å². The summed E-state index contributed by atoms with van der Waals surface area (Å²) in [5, 5.41) is 10.5. The first-order valence-electron chi connectivity index (χ1n) is 6.16. The summed E-state index contributed by atoms with van der Waals surface area (Å²) in [6.45, 7) is 5.50. The van der Waals surface area contributed by atoms with Crippen molar-refractivity contribution in [2.75, 3.05) is 20.2 Å². The van der Waals surface area contributed by atoms with Crippen molar-refractivity contribution in [1.29, 1.82) is 0 Å². The van der Waals surface area contributed by atoms with Crippen molar-refractivity contribution in [3.63, 3.8) is 0 Å². The molecule has 0 saturated heterocycles. The maximum atomic E-state index is 11.0. The molecule has 0 N–H and O–H groups in total. The fourth-order valence-corrected chi connectivity index (χ4v) is 1.50. The minimum atomic E-state index is -0.614. The van der Waals surface area contributed by atoms with E-state index in [9.17, 15) is 4.79 Å². The van der Waals surface area contributed by atoms with Gasteiger partial charge in [0.2, 0.25) is 0 Å². The van der Waals surface area contributed by atoms with Gasteiger partial charge in [-0.05, 0) is 32.0 Å². The molecule has 0 aliphatic rings. The van der Waals surface area contributed by atoms with Gasteiger partial charge in [0.25, 0.3) is 0 Å². The lowest BCUT2D eigenvalue weighted by molar-refractivity contribution is -0.133. The molecule has 0 spiro atoms. The normalized spacial score (nSPS) is 10.0. The van der Waals surface area contributed by atoms with Gasteiger partial charge in [-0.25, -0.2) is 4.79 Å². The molecule has 1 aromatic carbocycles. The Morgan fingerprint density at radius 2 is 2.10 bits per heavy atom. The van der Waals surface area contributed by atoms with Crippen molar-refractivity contribution in [3.05, 3.63) is 28.8 Å². The van der Waals surface area contributed by atoms with E-state index in [-0.39, 0.29) is 0 Å². The SMILES string of the molecule is CCN(CC)N=Nc1ccc(Cl)cc1C#CC(=O)OC. The smallest absolute Gasteiger partial charge is 0.384 e. The van der Waals surface area contributed by atoms with E-state index >= 15 is 0 Å². The Labute approximate surface area is 123 Å². The van der Waals surface area contributed by atoms with Gasteiger partial charge < -0.3 is 4.74 Å². The second-order valence-corrected chi connectivity index (χ2v) is 4.17. The van der Waals surface area contributed by atoms with E-state index in [1.54, 1.807) is 23.2 Å². The molecule has 6 heteroatoms. The minimum absolute atomic E-state index is 0.515. The third-order valence-corrected chi connectivity index (χ3v) is 2.69. The molecule has 5 nitrogen and oxygen atoms in total. The number of rotatable bonds is 4. The molecule has 0 unspecified atom stereocenters. The molecule has 0 bridgehead atoms. The van der Waals surface area contributed by atoms with Crippen LogP contribution in [0.4, 0.5) is 5.69 Å². The van der Waals surface area contributed by atoms with Gasteiger partial charge in [0.1, 0.15) is 5.69 Å². The van der Waals surface area contributed by atoms with Crippen molar-refractivity contribution in [1.82, 2.24) is 5.01 Å². The number of carbonyl (C=O) groups is 1. The van der Waals surface area contributed by atoms with E-state index in [4.69, 9.17) is 11.6 Å². The van der Waals surface area contributed by atoms with Crippen LogP contribution in [0.3, 0.4) is 0 Å². The van der Waals surface area contributed by atoms with E-state index in [0.29, 0.717) is 16.3 Å². The molecular formula is C14H16ClN3O2. The van der Waals surface area contributed by atoms with Crippen LogP contribution in [0, 0.1) is 11.8 Å². The van der Waals surface area contributed by atoms with Gasteiger partial charge in [0.15, 0.2) is 0 Å². The summed E-state index contributed by atoms with van der Waals surface area (Å²) in [7, 11) is 1.27. The van der Waals surface area contributed by atoms with Crippen molar-refractivity contribution in [2.45, 2.75) is 13.8 Å². The summed E-state index contributed by atoms with van der Waals surface area (Å²) in [5.41, 5.74) is 1.08. The Morgan fingerprint density at radius 3 is 2.70 bits per heavy atom. The average Bonchev–Trinajstić information content (AvgIpc) is 2.47. The van der Waals surface area contributed by atoms with Crippen molar-refractivity contribution < 1.29 is 9.53 Å². The largest absolute Gasteiger partial charge is 0.459 e. The van der Waals surface area contributed by atoms with Crippen LogP contribution >= 0.6 is 11.6 Å². The van der Waals surface area contributed by atoms with Crippen LogP contribution in [-0.2, 0) is 9.53 Å². The van der Waals surface area contributed by atoms with Crippen LogP contribution in [0.1, 0.15) is 19.4 Å². The van der Waals surface area contributed by atoms with Crippen molar-refractivity contribution >= 4 is 23.3 Å². The molecule has 20 heavy (non-hydrogen) atoms. The van der Waals surface area contributed by atoms with Gasteiger partial charge in [-0.1, -0.05) is 22.7 Å². The van der Waals surface area contributed by atoms with Crippen LogP contribution in [0.2, 0.25) is 5.02 Å². The van der Waals surface area contributed by atoms with Gasteiger partial charge in [-0.3, -0.25) is 5.01 Å². The number of benzene rings is 1. The first-order valence-corrected chi connectivity index (χ1v) is 6.54. The molecule has 0 amide bonds. The Balaban J connectivity index is 3.06. The van der Waals surface area contributed by atoms with E-state index < -0.39 is 5.97 Å². The van der Waals surface area contributed by atoms with Gasteiger partial charge >= 0.3 is 5.97 Å². The lowest BCUT2D eigenvalue weighted by Gasteiger charge is -2.11. The quantitative estimate of drug-likeness (QED) is 0.371. The number of esters is 1. The zero-order chi connectivity index (χ0) is 15.0. The predicted molar refractivity (Wildman–Crippen MR) is 77.8 cm³/mol. The number of hydrogen-bond acceptors (Lipinski definition) is 4. The maximum Gasteiger partial charge on any atom is 0.384 e. The number of hydrogen-bond donors (Lipinski definition) is 0. The number of carbonyl (C=O) groups excluding carboxylic acids is 1. The number of halogens is 1. The summed E-state index contributed by atoms with van der Waals surface area (Å²) >= 11 is 5.92. The van der Waals surface area contributed by atoms with Crippen LogP contribution in [-0.4, -0.2) is 31.2 Å². The summed E-state index contributed by atoms with van der Waals surface area (Å²) in [4.78, 5) is 11.0. The number of ether oxygens (including phenoxy) is 1. The predicted octanol–water partition coefficient (Wildman–Crippen LogP) is 3.21. The van der Waals surface area contributed by atoms with Crippen LogP contribution < -0.4 is 0 Å². The van der Waals surface area contributed by atoms with Gasteiger partial charge in [-0.2, -0.15) is 0 Å². The zero-order valence-electron chi connectivity index (χ0n) is 11.7. The van der Waals surface area contributed by atoms with Gasteiger partial charge in [-0.15, -0.1) is 5.11 Å². The average molecular weight is 294 g/mol. The first-order chi connectivity index (χ1) is 9.60. The fourth-order valence-electron chi connectivity index (χ4n) is 1.33. The van der Waals surface area contributed by atoms with E-state index in [0.717, 1.165) is 13.1 Å². The Hall–Kier alpha value is -2.06. The molecule has 1 aromatic rings. The third-order valence-electron chi connectivity index (χ3n) is 2.45. The molecule has 106 valence electrons. The van der Waals surface area contributed by atoms with E-state index in [1.807, 2.05) is 13.8 Å². The summed E-state index contributed by atoms with van der Waals surface area (Å²) < 4.78 is 4.47. The maximum absolute atomic E-state index is 11.0. The molecular weight excluding hydrogens is 278 g/mol. The lowest BCUT2D eigenvalue weighted by atomic mass is 10.2. The molecule has 0 aromatic heterocycles.